The molecule has 1 aliphatic heterocycles. The molecule has 1 N–H and O–H groups in total. The third-order valence-corrected chi connectivity index (χ3v) is 7.63. The number of carbonyl (C=O) groups excluding carboxylic acids is 1. The third-order valence-electron chi connectivity index (χ3n) is 4.52. The highest BCUT2D eigenvalue weighted by Crippen LogP contribution is 2.24. The van der Waals surface area contributed by atoms with Crippen LogP contribution in [0.3, 0.4) is 0 Å². The molecule has 0 saturated carbocycles. The molecule has 1 aromatic carbocycles. The highest BCUT2D eigenvalue weighted by molar-refractivity contribution is 7.92. The molecule has 9 nitrogen and oxygen atoms in total. The molecule has 1 amide bonds. The fraction of sp³-hybridized carbons (Fsp3) is 0.562. The van der Waals surface area contributed by atoms with Gasteiger partial charge in [-0.2, -0.15) is 17.0 Å². The van der Waals surface area contributed by atoms with E-state index in [-0.39, 0.29) is 12.5 Å². The van der Waals surface area contributed by atoms with Gasteiger partial charge in [-0.3, -0.25) is 9.10 Å². The first kappa shape index (κ1) is 21.6. The molecule has 1 aliphatic rings. The summed E-state index contributed by atoms with van der Waals surface area (Å²) in [5.74, 6) is -0.752. The Hall–Kier alpha value is -1.69. The second-order valence-corrected chi connectivity index (χ2v) is 10.9. The van der Waals surface area contributed by atoms with Crippen LogP contribution in [0.4, 0.5) is 11.4 Å². The van der Waals surface area contributed by atoms with Gasteiger partial charge in [0, 0.05) is 39.9 Å². The summed E-state index contributed by atoms with van der Waals surface area (Å²) in [5.41, 5.74) is 0.886. The van der Waals surface area contributed by atoms with Gasteiger partial charge >= 0.3 is 0 Å². The van der Waals surface area contributed by atoms with Gasteiger partial charge in [-0.15, -0.1) is 0 Å². The van der Waals surface area contributed by atoms with Crippen molar-refractivity contribution in [3.63, 3.8) is 0 Å². The number of carbonyl (C=O) groups is 1. The number of hydrogen-bond donors (Lipinski definition) is 1. The van der Waals surface area contributed by atoms with E-state index >= 15 is 0 Å². The van der Waals surface area contributed by atoms with Crippen LogP contribution in [0.1, 0.15) is 12.8 Å². The van der Waals surface area contributed by atoms with Gasteiger partial charge in [0.2, 0.25) is 15.9 Å². The molecule has 0 radical (unpaired) electrons. The van der Waals surface area contributed by atoms with Crippen molar-refractivity contribution in [2.75, 3.05) is 50.1 Å². The number of anilines is 2. The molecule has 0 spiro atoms. The molecule has 2 rings (SSSR count). The van der Waals surface area contributed by atoms with Crippen LogP contribution in [0.15, 0.2) is 24.3 Å². The van der Waals surface area contributed by atoms with Crippen LogP contribution in [0, 0.1) is 5.92 Å². The lowest BCUT2D eigenvalue weighted by Gasteiger charge is -2.32. The van der Waals surface area contributed by atoms with Crippen molar-refractivity contribution in [3.05, 3.63) is 24.3 Å². The normalized spacial score (nSPS) is 19.1. The molecule has 1 saturated heterocycles. The Morgan fingerprint density at radius 2 is 1.85 bits per heavy atom. The number of nitrogens with one attached hydrogen (secondary N) is 1. The van der Waals surface area contributed by atoms with Crippen molar-refractivity contribution in [1.29, 1.82) is 0 Å². The van der Waals surface area contributed by atoms with Crippen molar-refractivity contribution < 1.29 is 21.6 Å². The lowest BCUT2D eigenvalue weighted by atomic mass is 9.98. The van der Waals surface area contributed by atoms with Crippen LogP contribution in [0.25, 0.3) is 0 Å². The average Bonchev–Trinajstić information content (AvgIpc) is 2.60. The summed E-state index contributed by atoms with van der Waals surface area (Å²) in [6, 6.07) is 6.50. The van der Waals surface area contributed by atoms with Crippen molar-refractivity contribution in [2.24, 2.45) is 5.92 Å². The van der Waals surface area contributed by atoms with Gasteiger partial charge in [0.05, 0.1) is 17.9 Å². The maximum Gasteiger partial charge on any atom is 0.281 e. The van der Waals surface area contributed by atoms with Gasteiger partial charge < -0.3 is 5.32 Å². The smallest absolute Gasteiger partial charge is 0.281 e. The lowest BCUT2D eigenvalue weighted by molar-refractivity contribution is -0.120. The predicted molar refractivity (Wildman–Crippen MR) is 105 cm³/mol. The topological polar surface area (TPSA) is 107 Å². The van der Waals surface area contributed by atoms with Gasteiger partial charge in [0.1, 0.15) is 0 Å². The summed E-state index contributed by atoms with van der Waals surface area (Å²) >= 11 is 0. The molecular weight excluding hydrogens is 392 g/mol. The van der Waals surface area contributed by atoms with E-state index in [0.717, 1.165) is 14.9 Å². The molecule has 1 fully saturated rings. The number of piperidine rings is 1. The highest BCUT2D eigenvalue weighted by Gasteiger charge is 2.33. The van der Waals surface area contributed by atoms with Crippen molar-refractivity contribution in [2.45, 2.75) is 12.8 Å². The molecule has 0 unspecified atom stereocenters. The Balaban J connectivity index is 2.11. The van der Waals surface area contributed by atoms with E-state index < -0.39 is 26.2 Å². The molecule has 11 heteroatoms. The summed E-state index contributed by atoms with van der Waals surface area (Å²) in [6.45, 7) is 0.508. The first-order chi connectivity index (χ1) is 12.4. The maximum atomic E-state index is 12.6. The minimum atomic E-state index is -3.56. The summed E-state index contributed by atoms with van der Waals surface area (Å²) in [5, 5.41) is 2.76. The number of hydrogen-bond acceptors (Lipinski definition) is 5. The third kappa shape index (κ3) is 5.18. The largest absolute Gasteiger partial charge is 0.326 e. The van der Waals surface area contributed by atoms with E-state index in [1.54, 1.807) is 24.3 Å². The standard InChI is InChI=1S/C16H26N4O5S2/c1-18(2)27(24,25)20-10-6-7-13(12-20)16(21)17-14-8-5-9-15(11-14)19(3)26(4,22)23/h5,8-9,11,13H,6-7,10,12H2,1-4H3,(H,17,21)/t13-/m1/s1. The monoisotopic (exact) mass is 418 g/mol. The van der Waals surface area contributed by atoms with Crippen molar-refractivity contribution in [3.8, 4) is 0 Å². The molecular formula is C16H26N4O5S2. The number of amides is 1. The van der Waals surface area contributed by atoms with E-state index in [2.05, 4.69) is 5.32 Å². The minimum Gasteiger partial charge on any atom is -0.326 e. The molecule has 152 valence electrons. The van der Waals surface area contributed by atoms with E-state index in [4.69, 9.17) is 0 Å². The van der Waals surface area contributed by atoms with Gasteiger partial charge in [-0.25, -0.2) is 8.42 Å². The summed E-state index contributed by atoms with van der Waals surface area (Å²) in [7, 11) is -2.62. The average molecular weight is 419 g/mol. The zero-order valence-electron chi connectivity index (χ0n) is 15.9. The van der Waals surface area contributed by atoms with Crippen molar-refractivity contribution >= 4 is 37.5 Å². The van der Waals surface area contributed by atoms with Gasteiger partial charge in [0.15, 0.2) is 0 Å². The number of nitrogens with zero attached hydrogens (tertiary/aromatic N) is 3. The maximum absolute atomic E-state index is 12.6. The first-order valence-electron chi connectivity index (χ1n) is 8.45. The zero-order chi connectivity index (χ0) is 20.4. The van der Waals surface area contributed by atoms with Gasteiger partial charge in [0.25, 0.3) is 10.2 Å². The van der Waals surface area contributed by atoms with E-state index in [1.165, 1.54) is 25.4 Å². The number of rotatable bonds is 6. The molecule has 0 aliphatic carbocycles. The van der Waals surface area contributed by atoms with Crippen LogP contribution in [-0.2, 0) is 25.0 Å². The summed E-state index contributed by atoms with van der Waals surface area (Å²) in [6.07, 6.45) is 2.29. The Labute approximate surface area is 161 Å². The molecule has 27 heavy (non-hydrogen) atoms. The summed E-state index contributed by atoms with van der Waals surface area (Å²) < 4.78 is 51.5. The molecule has 0 bridgehead atoms. The highest BCUT2D eigenvalue weighted by atomic mass is 32.2. The Morgan fingerprint density at radius 3 is 2.44 bits per heavy atom. The van der Waals surface area contributed by atoms with E-state index in [0.29, 0.717) is 30.8 Å². The fourth-order valence-corrected chi connectivity index (χ4v) is 4.50. The van der Waals surface area contributed by atoms with Crippen LogP contribution in [0.2, 0.25) is 0 Å². The van der Waals surface area contributed by atoms with Crippen molar-refractivity contribution in [1.82, 2.24) is 8.61 Å². The Morgan fingerprint density at radius 1 is 1.19 bits per heavy atom. The van der Waals surface area contributed by atoms with Crippen LogP contribution >= 0.6 is 0 Å². The second kappa shape index (κ2) is 8.13. The van der Waals surface area contributed by atoms with Gasteiger partial charge in [-0.1, -0.05) is 6.07 Å². The number of benzene rings is 1. The molecule has 1 heterocycles. The van der Waals surface area contributed by atoms with Gasteiger partial charge in [-0.05, 0) is 31.0 Å². The second-order valence-electron chi connectivity index (χ2n) is 6.76. The lowest BCUT2D eigenvalue weighted by Crippen LogP contribution is -2.47. The van der Waals surface area contributed by atoms with E-state index in [9.17, 15) is 21.6 Å². The molecule has 1 aromatic rings. The summed E-state index contributed by atoms with van der Waals surface area (Å²) in [4.78, 5) is 12.6. The van der Waals surface area contributed by atoms with Crippen LogP contribution < -0.4 is 9.62 Å². The minimum absolute atomic E-state index is 0.120. The Bertz CT molecular complexity index is 899. The first-order valence-corrected chi connectivity index (χ1v) is 11.7. The fourth-order valence-electron chi connectivity index (χ4n) is 2.81. The van der Waals surface area contributed by atoms with Crippen LogP contribution in [-0.4, -0.2) is 71.8 Å². The van der Waals surface area contributed by atoms with Crippen LogP contribution in [0.5, 0.6) is 0 Å². The SMILES string of the molecule is CN(c1cccc(NC(=O)[C@@H]2CCCN(S(=O)(=O)N(C)C)C2)c1)S(C)(=O)=O. The number of sulfonamides is 1. The Kier molecular flexibility index (Phi) is 6.51. The predicted octanol–water partition coefficient (Wildman–Crippen LogP) is 0.539. The molecule has 0 aromatic heterocycles. The zero-order valence-corrected chi connectivity index (χ0v) is 17.5. The quantitative estimate of drug-likeness (QED) is 0.726. The molecule has 1 atom stereocenters. The van der Waals surface area contributed by atoms with E-state index in [1.807, 2.05) is 0 Å².